The maximum absolute atomic E-state index is 5.01. The summed E-state index contributed by atoms with van der Waals surface area (Å²) < 4.78 is 2.26. The lowest BCUT2D eigenvalue weighted by molar-refractivity contribution is 1.22. The summed E-state index contributed by atoms with van der Waals surface area (Å²) in [7, 11) is 0. The lowest BCUT2D eigenvalue weighted by Crippen LogP contribution is -1.96. The van der Waals surface area contributed by atoms with Crippen LogP contribution in [0.3, 0.4) is 0 Å². The molecule has 0 saturated carbocycles. The number of aromatic nitrogens is 4. The predicted octanol–water partition coefficient (Wildman–Crippen LogP) is 5.16. The fourth-order valence-electron chi connectivity index (χ4n) is 4.75. The molecular weight excluding hydrogens is 344 g/mol. The van der Waals surface area contributed by atoms with Crippen molar-refractivity contribution in [3.05, 3.63) is 84.2 Å². The summed E-state index contributed by atoms with van der Waals surface area (Å²) in [5, 5.41) is 1.04. The van der Waals surface area contributed by atoms with Crippen molar-refractivity contribution in [2.45, 2.75) is 6.42 Å². The Kier molecular flexibility index (Phi) is 2.51. The number of hydrogen-bond acceptors (Lipinski definition) is 3. The third-order valence-corrected chi connectivity index (χ3v) is 5.90. The molecule has 7 rings (SSSR count). The summed E-state index contributed by atoms with van der Waals surface area (Å²) >= 11 is 0. The lowest BCUT2D eigenvalue weighted by atomic mass is 10.1. The highest BCUT2D eigenvalue weighted by Gasteiger charge is 2.24. The quantitative estimate of drug-likeness (QED) is 0.352. The first-order chi connectivity index (χ1) is 13.9. The summed E-state index contributed by atoms with van der Waals surface area (Å²) in [4.78, 5) is 14.4. The van der Waals surface area contributed by atoms with Gasteiger partial charge in [0.2, 0.25) is 0 Å². The summed E-state index contributed by atoms with van der Waals surface area (Å²) in [6, 6.07) is 21.2. The van der Waals surface area contributed by atoms with Crippen LogP contribution < -0.4 is 0 Å². The third kappa shape index (κ3) is 1.63. The zero-order valence-corrected chi connectivity index (χ0v) is 14.9. The van der Waals surface area contributed by atoms with Crippen molar-refractivity contribution in [2.75, 3.05) is 0 Å². The van der Waals surface area contributed by atoms with Crippen LogP contribution in [0.5, 0.6) is 0 Å². The maximum atomic E-state index is 5.01. The van der Waals surface area contributed by atoms with Crippen LogP contribution >= 0.6 is 0 Å². The van der Waals surface area contributed by atoms with E-state index in [2.05, 4.69) is 57.9 Å². The van der Waals surface area contributed by atoms with Crippen LogP contribution in [0.4, 0.5) is 0 Å². The molecule has 2 aromatic carbocycles. The molecular formula is C24H14N4. The zero-order valence-electron chi connectivity index (χ0n) is 14.9. The minimum atomic E-state index is 0.897. The molecule has 0 spiro atoms. The van der Waals surface area contributed by atoms with Gasteiger partial charge in [0.1, 0.15) is 5.52 Å². The third-order valence-electron chi connectivity index (χ3n) is 5.90. The first-order valence-electron chi connectivity index (χ1n) is 9.44. The Morgan fingerprint density at radius 3 is 2.57 bits per heavy atom. The van der Waals surface area contributed by atoms with Crippen molar-refractivity contribution in [1.29, 1.82) is 0 Å². The molecule has 4 aromatic heterocycles. The SMILES string of the molecule is c1ccc2c(c1)Cc1c-2ccc2nc3c4ncccc4c4ncccc4n3c12. The fourth-order valence-corrected chi connectivity index (χ4v) is 4.75. The Morgan fingerprint density at radius 1 is 0.750 bits per heavy atom. The van der Waals surface area contributed by atoms with E-state index in [1.165, 1.54) is 27.8 Å². The molecule has 0 amide bonds. The van der Waals surface area contributed by atoms with Crippen molar-refractivity contribution >= 4 is 38.6 Å². The summed E-state index contributed by atoms with van der Waals surface area (Å²) in [6.45, 7) is 0. The molecule has 0 atom stereocenters. The van der Waals surface area contributed by atoms with Crippen LogP contribution in [0, 0.1) is 0 Å². The molecule has 0 aliphatic heterocycles. The highest BCUT2D eigenvalue weighted by atomic mass is 15.0. The topological polar surface area (TPSA) is 43.1 Å². The van der Waals surface area contributed by atoms with Gasteiger partial charge in [0.15, 0.2) is 5.65 Å². The lowest BCUT2D eigenvalue weighted by Gasteiger charge is -2.09. The summed E-state index contributed by atoms with van der Waals surface area (Å²) in [5.41, 5.74) is 11.4. The molecule has 4 heterocycles. The molecule has 0 unspecified atom stereocenters. The second-order valence-corrected chi connectivity index (χ2v) is 7.33. The van der Waals surface area contributed by atoms with Gasteiger partial charge in [-0.2, -0.15) is 0 Å². The van der Waals surface area contributed by atoms with Crippen LogP contribution in [0.15, 0.2) is 73.1 Å². The van der Waals surface area contributed by atoms with Crippen molar-refractivity contribution in [3.63, 3.8) is 0 Å². The first-order valence-corrected chi connectivity index (χ1v) is 9.44. The molecule has 0 N–H and O–H groups in total. The molecule has 28 heavy (non-hydrogen) atoms. The Labute approximate surface area is 160 Å². The van der Waals surface area contributed by atoms with Crippen molar-refractivity contribution in [1.82, 2.24) is 19.4 Å². The molecule has 4 nitrogen and oxygen atoms in total. The maximum Gasteiger partial charge on any atom is 0.165 e. The van der Waals surface area contributed by atoms with E-state index in [1.807, 2.05) is 24.5 Å². The molecule has 1 aliphatic rings. The van der Waals surface area contributed by atoms with Crippen molar-refractivity contribution in [3.8, 4) is 11.1 Å². The van der Waals surface area contributed by atoms with E-state index in [1.54, 1.807) is 0 Å². The van der Waals surface area contributed by atoms with Gasteiger partial charge in [0.05, 0.1) is 22.1 Å². The number of benzene rings is 2. The molecule has 130 valence electrons. The minimum absolute atomic E-state index is 0.897. The number of nitrogens with zero attached hydrogens (tertiary/aromatic N) is 4. The number of imidazole rings is 1. The van der Waals surface area contributed by atoms with E-state index in [0.717, 1.165) is 39.5 Å². The zero-order chi connectivity index (χ0) is 18.2. The van der Waals surface area contributed by atoms with E-state index in [0.29, 0.717) is 0 Å². The van der Waals surface area contributed by atoms with E-state index in [-0.39, 0.29) is 0 Å². The Bertz CT molecular complexity index is 1590. The van der Waals surface area contributed by atoms with Crippen molar-refractivity contribution in [2.24, 2.45) is 0 Å². The molecule has 0 fully saturated rings. The average Bonchev–Trinajstić information content (AvgIpc) is 3.32. The number of rotatable bonds is 0. The van der Waals surface area contributed by atoms with Gasteiger partial charge in [-0.1, -0.05) is 30.3 Å². The van der Waals surface area contributed by atoms with E-state index in [9.17, 15) is 0 Å². The van der Waals surface area contributed by atoms with Crippen LogP contribution in [0.1, 0.15) is 11.1 Å². The first kappa shape index (κ1) is 14.3. The Morgan fingerprint density at radius 2 is 1.61 bits per heavy atom. The summed E-state index contributed by atoms with van der Waals surface area (Å²) in [6.07, 6.45) is 4.61. The van der Waals surface area contributed by atoms with Gasteiger partial charge in [-0.05, 0) is 52.6 Å². The largest absolute Gasteiger partial charge is 0.288 e. The second-order valence-electron chi connectivity index (χ2n) is 7.33. The van der Waals surface area contributed by atoms with E-state index in [4.69, 9.17) is 9.97 Å². The monoisotopic (exact) mass is 358 g/mol. The van der Waals surface area contributed by atoms with Gasteiger partial charge in [-0.25, -0.2) is 4.98 Å². The highest BCUT2D eigenvalue weighted by molar-refractivity contribution is 6.11. The average molecular weight is 358 g/mol. The smallest absolute Gasteiger partial charge is 0.165 e. The number of hydrogen-bond donors (Lipinski definition) is 0. The van der Waals surface area contributed by atoms with E-state index < -0.39 is 0 Å². The minimum Gasteiger partial charge on any atom is -0.288 e. The van der Waals surface area contributed by atoms with Crippen LogP contribution in [-0.4, -0.2) is 19.4 Å². The molecule has 6 aromatic rings. The molecule has 4 heteroatoms. The van der Waals surface area contributed by atoms with Gasteiger partial charge >= 0.3 is 0 Å². The summed E-state index contributed by atoms with van der Waals surface area (Å²) in [5.74, 6) is 0. The highest BCUT2D eigenvalue weighted by Crippen LogP contribution is 2.41. The van der Waals surface area contributed by atoms with Crippen molar-refractivity contribution < 1.29 is 0 Å². The van der Waals surface area contributed by atoms with Gasteiger partial charge in [0, 0.05) is 24.2 Å². The van der Waals surface area contributed by atoms with Gasteiger partial charge in [-0.15, -0.1) is 0 Å². The molecule has 0 saturated heterocycles. The second kappa shape index (κ2) is 4.93. The Balaban J connectivity index is 1.76. The molecule has 0 bridgehead atoms. The fraction of sp³-hybridized carbons (Fsp3) is 0.0417. The molecule has 0 radical (unpaired) electrons. The normalized spacial score (nSPS) is 12.9. The van der Waals surface area contributed by atoms with E-state index >= 15 is 0 Å². The van der Waals surface area contributed by atoms with Crippen LogP contribution in [0.2, 0.25) is 0 Å². The Hall–Kier alpha value is -3.79. The van der Waals surface area contributed by atoms with Gasteiger partial charge in [0.25, 0.3) is 0 Å². The number of fused-ring (bicyclic) bond motifs is 12. The van der Waals surface area contributed by atoms with Gasteiger partial charge in [-0.3, -0.25) is 14.4 Å². The van der Waals surface area contributed by atoms with Crippen LogP contribution in [0.25, 0.3) is 49.7 Å². The molecule has 1 aliphatic carbocycles. The standard InChI is InChI=1S/C24H14N4/c1-2-6-15-14(5-1)13-18-16(15)9-10-19-23(18)28-20-8-4-12-25-21(20)17-7-3-11-26-22(17)24(28)27-19/h1-12H,13H2. The predicted molar refractivity (Wildman–Crippen MR) is 112 cm³/mol. The number of pyridine rings is 3. The van der Waals surface area contributed by atoms with Gasteiger partial charge < -0.3 is 0 Å². The van der Waals surface area contributed by atoms with Crippen LogP contribution in [-0.2, 0) is 6.42 Å².